The molecule has 0 bridgehead atoms. The van der Waals surface area contributed by atoms with Crippen LogP contribution < -0.4 is 15.4 Å². The van der Waals surface area contributed by atoms with Crippen molar-refractivity contribution in [2.75, 3.05) is 17.7 Å². The van der Waals surface area contributed by atoms with E-state index in [9.17, 15) is 9.59 Å². The minimum absolute atomic E-state index is 0.0130. The molecule has 0 atom stereocenters. The van der Waals surface area contributed by atoms with Gasteiger partial charge in [0.25, 0.3) is 11.8 Å². The van der Waals surface area contributed by atoms with E-state index < -0.39 is 11.8 Å². The third kappa shape index (κ3) is 5.08. The Hall–Kier alpha value is -3.86. The molecule has 0 aliphatic carbocycles. The molecule has 3 aromatic carbocycles. The number of methoxy groups -OCH3 is 1. The topological polar surface area (TPSA) is 67.4 Å². The first kappa shape index (κ1) is 18.9. The zero-order valence-electron chi connectivity index (χ0n) is 15.4. The molecular weight excluding hydrogens is 352 g/mol. The molecule has 140 valence electrons. The van der Waals surface area contributed by atoms with E-state index in [1.165, 1.54) is 0 Å². The Balaban J connectivity index is 1.91. The van der Waals surface area contributed by atoms with Crippen LogP contribution in [0.4, 0.5) is 11.4 Å². The monoisotopic (exact) mass is 372 g/mol. The first-order valence-electron chi connectivity index (χ1n) is 8.74. The lowest BCUT2D eigenvalue weighted by molar-refractivity contribution is -0.118. The Bertz CT molecular complexity index is 927. The van der Waals surface area contributed by atoms with Gasteiger partial charge in [-0.05, 0) is 48.0 Å². The van der Waals surface area contributed by atoms with Gasteiger partial charge in [0.05, 0.1) is 7.11 Å². The average Bonchev–Trinajstić information content (AvgIpc) is 2.73. The molecule has 0 spiro atoms. The van der Waals surface area contributed by atoms with Crippen LogP contribution in [0, 0.1) is 0 Å². The summed E-state index contributed by atoms with van der Waals surface area (Å²) < 4.78 is 5.22. The molecule has 0 aliphatic heterocycles. The first-order valence-corrected chi connectivity index (χ1v) is 8.74. The van der Waals surface area contributed by atoms with Gasteiger partial charge in [0, 0.05) is 11.4 Å². The molecule has 0 fully saturated rings. The minimum atomic E-state index is -0.498. The van der Waals surface area contributed by atoms with E-state index in [4.69, 9.17) is 4.74 Å². The maximum atomic E-state index is 12.8. The van der Waals surface area contributed by atoms with Gasteiger partial charge in [0.2, 0.25) is 0 Å². The molecule has 5 nitrogen and oxygen atoms in total. The summed E-state index contributed by atoms with van der Waals surface area (Å²) in [6.07, 6.45) is 1.54. The molecular formula is C23H20N2O3. The van der Waals surface area contributed by atoms with Gasteiger partial charge >= 0.3 is 0 Å². The van der Waals surface area contributed by atoms with Gasteiger partial charge in [0.15, 0.2) is 0 Å². The lowest BCUT2D eigenvalue weighted by Crippen LogP contribution is -2.25. The summed E-state index contributed by atoms with van der Waals surface area (Å²) in [6, 6.07) is 25.1. The van der Waals surface area contributed by atoms with Gasteiger partial charge < -0.3 is 15.4 Å². The summed E-state index contributed by atoms with van der Waals surface area (Å²) >= 11 is 0. The van der Waals surface area contributed by atoms with E-state index in [0.717, 1.165) is 0 Å². The van der Waals surface area contributed by atoms with Gasteiger partial charge in [-0.3, -0.25) is 9.59 Å². The fourth-order valence-corrected chi connectivity index (χ4v) is 2.57. The zero-order chi connectivity index (χ0) is 19.8. The van der Waals surface area contributed by atoms with Gasteiger partial charge in [0.1, 0.15) is 11.3 Å². The van der Waals surface area contributed by atoms with E-state index in [0.29, 0.717) is 22.7 Å². The fourth-order valence-electron chi connectivity index (χ4n) is 2.57. The molecule has 0 saturated carbocycles. The molecule has 28 heavy (non-hydrogen) atoms. The van der Waals surface area contributed by atoms with Crippen LogP contribution >= 0.6 is 0 Å². The highest BCUT2D eigenvalue weighted by Crippen LogP contribution is 2.18. The third-order valence-corrected chi connectivity index (χ3v) is 3.96. The number of anilines is 2. The van der Waals surface area contributed by atoms with E-state index in [-0.39, 0.29) is 5.57 Å². The fraction of sp³-hybridized carbons (Fsp3) is 0.0435. The number of para-hydroxylation sites is 2. The Morgan fingerprint density at radius 1 is 0.750 bits per heavy atom. The third-order valence-electron chi connectivity index (χ3n) is 3.96. The van der Waals surface area contributed by atoms with Gasteiger partial charge in [-0.1, -0.05) is 48.5 Å². The maximum Gasteiger partial charge on any atom is 0.261 e. The van der Waals surface area contributed by atoms with Crippen molar-refractivity contribution in [1.29, 1.82) is 0 Å². The van der Waals surface area contributed by atoms with Gasteiger partial charge in [-0.25, -0.2) is 0 Å². The van der Waals surface area contributed by atoms with Crippen LogP contribution in [0.3, 0.4) is 0 Å². The summed E-state index contributed by atoms with van der Waals surface area (Å²) in [7, 11) is 1.56. The highest BCUT2D eigenvalue weighted by Gasteiger charge is 2.19. The Labute approximate surface area is 163 Å². The van der Waals surface area contributed by atoms with E-state index in [2.05, 4.69) is 10.6 Å². The van der Waals surface area contributed by atoms with Crippen molar-refractivity contribution < 1.29 is 14.3 Å². The maximum absolute atomic E-state index is 12.8. The number of carbonyl (C=O) groups is 2. The summed E-state index contributed by atoms with van der Waals surface area (Å²) in [5.41, 5.74) is 1.88. The van der Waals surface area contributed by atoms with Crippen LogP contribution in [0.1, 0.15) is 5.56 Å². The van der Waals surface area contributed by atoms with Crippen LogP contribution in [0.15, 0.2) is 90.5 Å². The second-order valence-electron chi connectivity index (χ2n) is 5.97. The number of hydrogen-bond acceptors (Lipinski definition) is 3. The normalized spacial score (nSPS) is 9.89. The SMILES string of the molecule is COc1cccc(C=C(C(=O)Nc2ccccc2)C(=O)Nc2ccccc2)c1. The molecule has 3 rings (SSSR count). The molecule has 0 aromatic heterocycles. The van der Waals surface area contributed by atoms with Crippen molar-refractivity contribution in [3.63, 3.8) is 0 Å². The summed E-state index contributed by atoms with van der Waals surface area (Å²) in [6.45, 7) is 0. The number of carbonyl (C=O) groups excluding carboxylic acids is 2. The van der Waals surface area contributed by atoms with Crippen molar-refractivity contribution in [2.24, 2.45) is 0 Å². The number of amides is 2. The predicted octanol–water partition coefficient (Wildman–Crippen LogP) is 4.36. The molecule has 3 aromatic rings. The van der Waals surface area contributed by atoms with Gasteiger partial charge in [-0.15, -0.1) is 0 Å². The molecule has 0 unspecified atom stereocenters. The van der Waals surface area contributed by atoms with Crippen molar-refractivity contribution >= 4 is 29.3 Å². The number of hydrogen-bond donors (Lipinski definition) is 2. The number of nitrogens with one attached hydrogen (secondary N) is 2. The van der Waals surface area contributed by atoms with Crippen molar-refractivity contribution in [3.05, 3.63) is 96.1 Å². The van der Waals surface area contributed by atoms with Gasteiger partial charge in [-0.2, -0.15) is 0 Å². The average molecular weight is 372 g/mol. The molecule has 0 aliphatic rings. The van der Waals surface area contributed by atoms with Crippen LogP contribution in [0.5, 0.6) is 5.75 Å². The first-order chi connectivity index (χ1) is 13.7. The number of benzene rings is 3. The Morgan fingerprint density at radius 2 is 1.29 bits per heavy atom. The van der Waals surface area contributed by atoms with Crippen LogP contribution in [0.25, 0.3) is 6.08 Å². The zero-order valence-corrected chi connectivity index (χ0v) is 15.4. The number of ether oxygens (including phenoxy) is 1. The molecule has 0 saturated heterocycles. The second kappa shape index (κ2) is 9.19. The van der Waals surface area contributed by atoms with Crippen molar-refractivity contribution in [3.8, 4) is 5.75 Å². The number of rotatable bonds is 6. The summed E-state index contributed by atoms with van der Waals surface area (Å²) in [5, 5.41) is 5.52. The molecule has 0 heterocycles. The Morgan fingerprint density at radius 3 is 1.79 bits per heavy atom. The quantitative estimate of drug-likeness (QED) is 0.384. The molecule has 0 radical (unpaired) electrons. The smallest absolute Gasteiger partial charge is 0.261 e. The predicted molar refractivity (Wildman–Crippen MR) is 111 cm³/mol. The van der Waals surface area contributed by atoms with Crippen LogP contribution in [0.2, 0.25) is 0 Å². The van der Waals surface area contributed by atoms with E-state index in [1.54, 1.807) is 61.7 Å². The van der Waals surface area contributed by atoms with E-state index in [1.807, 2.05) is 36.4 Å². The molecule has 2 amide bonds. The second-order valence-corrected chi connectivity index (χ2v) is 5.97. The van der Waals surface area contributed by atoms with E-state index >= 15 is 0 Å². The van der Waals surface area contributed by atoms with Crippen LogP contribution in [-0.2, 0) is 9.59 Å². The Kier molecular flexibility index (Phi) is 6.21. The highest BCUT2D eigenvalue weighted by molar-refractivity contribution is 6.28. The minimum Gasteiger partial charge on any atom is -0.497 e. The van der Waals surface area contributed by atoms with Crippen LogP contribution in [-0.4, -0.2) is 18.9 Å². The standard InChI is InChI=1S/C23H20N2O3/c1-28-20-14-8-9-17(15-20)16-21(22(26)24-18-10-4-2-5-11-18)23(27)25-19-12-6-3-7-13-19/h2-16H,1H3,(H,24,26)(H,25,27). The lowest BCUT2D eigenvalue weighted by Gasteiger charge is -2.11. The lowest BCUT2D eigenvalue weighted by atomic mass is 10.1. The van der Waals surface area contributed by atoms with Crippen molar-refractivity contribution in [1.82, 2.24) is 0 Å². The summed E-state index contributed by atoms with van der Waals surface area (Å²) in [5.74, 6) is -0.357. The highest BCUT2D eigenvalue weighted by atomic mass is 16.5. The summed E-state index contributed by atoms with van der Waals surface area (Å²) in [4.78, 5) is 25.7. The largest absolute Gasteiger partial charge is 0.497 e. The van der Waals surface area contributed by atoms with Crippen molar-refractivity contribution in [2.45, 2.75) is 0 Å². The molecule has 5 heteroatoms. The molecule has 2 N–H and O–H groups in total.